The number of methoxy groups -OCH3 is 1. The maximum Gasteiger partial charge on any atom is 0.275 e. The summed E-state index contributed by atoms with van der Waals surface area (Å²) in [5.41, 5.74) is 3.42. The Labute approximate surface area is 183 Å². The molecule has 1 aliphatic heterocycles. The SMILES string of the molecule is COc1ccc(NCC[C@@H]2CNCCN2C(=O)c2ncn(C)c2-c2ccccc2)cc1. The van der Waals surface area contributed by atoms with Crippen LogP contribution < -0.4 is 15.4 Å². The van der Waals surface area contributed by atoms with Crippen LogP contribution in [0, 0.1) is 0 Å². The highest BCUT2D eigenvalue weighted by atomic mass is 16.5. The number of carbonyl (C=O) groups excluding carboxylic acids is 1. The van der Waals surface area contributed by atoms with Gasteiger partial charge in [0, 0.05) is 50.5 Å². The fraction of sp³-hybridized carbons (Fsp3) is 0.333. The quantitative estimate of drug-likeness (QED) is 0.616. The molecule has 2 N–H and O–H groups in total. The molecule has 7 heteroatoms. The molecule has 2 aromatic carbocycles. The van der Waals surface area contributed by atoms with E-state index in [1.807, 2.05) is 71.1 Å². The summed E-state index contributed by atoms with van der Waals surface area (Å²) >= 11 is 0. The van der Waals surface area contributed by atoms with E-state index in [1.54, 1.807) is 13.4 Å². The third kappa shape index (κ3) is 4.72. The van der Waals surface area contributed by atoms with Crippen molar-refractivity contribution in [3.63, 3.8) is 0 Å². The molecule has 1 atom stereocenters. The van der Waals surface area contributed by atoms with Crippen LogP contribution in [0.2, 0.25) is 0 Å². The van der Waals surface area contributed by atoms with Crippen molar-refractivity contribution >= 4 is 11.6 Å². The summed E-state index contributed by atoms with van der Waals surface area (Å²) in [6.07, 6.45) is 2.57. The van der Waals surface area contributed by atoms with Crippen LogP contribution in [0.1, 0.15) is 16.9 Å². The Bertz CT molecular complexity index is 1000. The molecule has 3 aromatic rings. The van der Waals surface area contributed by atoms with E-state index in [-0.39, 0.29) is 11.9 Å². The first kappa shape index (κ1) is 20.9. The molecule has 1 aliphatic rings. The van der Waals surface area contributed by atoms with E-state index in [1.165, 1.54) is 0 Å². The van der Waals surface area contributed by atoms with E-state index < -0.39 is 0 Å². The van der Waals surface area contributed by atoms with Crippen molar-refractivity contribution in [2.45, 2.75) is 12.5 Å². The van der Waals surface area contributed by atoms with Gasteiger partial charge in [0.2, 0.25) is 0 Å². The van der Waals surface area contributed by atoms with Crippen molar-refractivity contribution in [3.8, 4) is 17.0 Å². The van der Waals surface area contributed by atoms with Gasteiger partial charge in [0.25, 0.3) is 5.91 Å². The topological polar surface area (TPSA) is 71.4 Å². The highest BCUT2D eigenvalue weighted by molar-refractivity contribution is 5.98. The van der Waals surface area contributed by atoms with E-state index >= 15 is 0 Å². The number of benzene rings is 2. The standard InChI is InChI=1S/C24H29N5O2/c1-28-17-27-22(23(28)18-6-4-3-5-7-18)24(30)29-15-14-25-16-20(29)12-13-26-19-8-10-21(31-2)11-9-19/h3-11,17,20,25-26H,12-16H2,1-2H3/t20-/m1/s1. The van der Waals surface area contributed by atoms with Crippen LogP contribution in [-0.2, 0) is 7.05 Å². The van der Waals surface area contributed by atoms with Crippen molar-refractivity contribution < 1.29 is 9.53 Å². The van der Waals surface area contributed by atoms with Crippen molar-refractivity contribution in [1.82, 2.24) is 19.8 Å². The average Bonchev–Trinajstić information content (AvgIpc) is 3.21. The summed E-state index contributed by atoms with van der Waals surface area (Å²) in [4.78, 5) is 20.0. The molecule has 0 aliphatic carbocycles. The molecule has 1 aromatic heterocycles. The number of aryl methyl sites for hydroxylation is 1. The molecule has 2 heterocycles. The number of imidazole rings is 1. The molecule has 0 spiro atoms. The molecule has 1 saturated heterocycles. The van der Waals surface area contributed by atoms with E-state index in [0.717, 1.165) is 48.7 Å². The van der Waals surface area contributed by atoms with Gasteiger partial charge in [0.15, 0.2) is 5.69 Å². The first-order valence-electron chi connectivity index (χ1n) is 10.6. The second-order valence-electron chi connectivity index (χ2n) is 7.72. The van der Waals surface area contributed by atoms with E-state index in [2.05, 4.69) is 15.6 Å². The lowest BCUT2D eigenvalue weighted by Crippen LogP contribution is -2.54. The molecule has 0 unspecified atom stereocenters. The minimum atomic E-state index is -0.00426. The Kier molecular flexibility index (Phi) is 6.52. The molecule has 0 bridgehead atoms. The van der Waals surface area contributed by atoms with E-state index in [4.69, 9.17) is 4.74 Å². The van der Waals surface area contributed by atoms with Gasteiger partial charge in [-0.15, -0.1) is 0 Å². The van der Waals surface area contributed by atoms with Crippen molar-refractivity contribution in [3.05, 3.63) is 66.6 Å². The van der Waals surface area contributed by atoms with Gasteiger partial charge in [0.1, 0.15) is 5.75 Å². The summed E-state index contributed by atoms with van der Waals surface area (Å²) in [6.45, 7) is 3.03. The normalized spacial score (nSPS) is 16.2. The number of hydrogen-bond donors (Lipinski definition) is 2. The fourth-order valence-corrected chi connectivity index (χ4v) is 4.04. The highest BCUT2D eigenvalue weighted by Crippen LogP contribution is 2.25. The van der Waals surface area contributed by atoms with Crippen molar-refractivity contribution in [2.75, 3.05) is 38.6 Å². The predicted molar refractivity (Wildman–Crippen MR) is 122 cm³/mol. The maximum atomic E-state index is 13.5. The van der Waals surface area contributed by atoms with Crippen LogP contribution >= 0.6 is 0 Å². The molecule has 1 fully saturated rings. The Morgan fingerprint density at radius 1 is 1.19 bits per heavy atom. The van der Waals surface area contributed by atoms with E-state index in [9.17, 15) is 4.79 Å². The summed E-state index contributed by atoms with van der Waals surface area (Å²) < 4.78 is 7.13. The number of nitrogens with zero attached hydrogens (tertiary/aromatic N) is 3. The van der Waals surface area contributed by atoms with Gasteiger partial charge in [-0.1, -0.05) is 30.3 Å². The highest BCUT2D eigenvalue weighted by Gasteiger charge is 2.30. The number of ether oxygens (including phenoxy) is 1. The van der Waals surface area contributed by atoms with Gasteiger partial charge >= 0.3 is 0 Å². The number of anilines is 1. The van der Waals surface area contributed by atoms with Gasteiger partial charge in [0.05, 0.1) is 19.1 Å². The molecule has 1 amide bonds. The molecule has 0 radical (unpaired) electrons. The predicted octanol–water partition coefficient (Wildman–Crippen LogP) is 3.01. The zero-order chi connectivity index (χ0) is 21.6. The zero-order valence-corrected chi connectivity index (χ0v) is 18.0. The molecule has 4 rings (SSSR count). The first-order valence-corrected chi connectivity index (χ1v) is 10.6. The van der Waals surface area contributed by atoms with Gasteiger partial charge in [-0.3, -0.25) is 4.79 Å². The lowest BCUT2D eigenvalue weighted by molar-refractivity contribution is 0.0625. The minimum absolute atomic E-state index is 0.00426. The summed E-state index contributed by atoms with van der Waals surface area (Å²) in [6, 6.07) is 18.0. The second kappa shape index (κ2) is 9.66. The van der Waals surface area contributed by atoms with Crippen LogP contribution in [0.15, 0.2) is 60.9 Å². The summed E-state index contributed by atoms with van der Waals surface area (Å²) in [7, 11) is 3.59. The maximum absolute atomic E-state index is 13.5. The number of aromatic nitrogens is 2. The van der Waals surface area contributed by atoms with Crippen molar-refractivity contribution in [2.24, 2.45) is 7.05 Å². The molecule has 7 nitrogen and oxygen atoms in total. The van der Waals surface area contributed by atoms with E-state index in [0.29, 0.717) is 12.2 Å². The second-order valence-corrected chi connectivity index (χ2v) is 7.72. The first-order chi connectivity index (χ1) is 15.2. The van der Waals surface area contributed by atoms with Crippen LogP contribution in [-0.4, -0.2) is 59.7 Å². The minimum Gasteiger partial charge on any atom is -0.497 e. The molecular weight excluding hydrogens is 390 g/mol. The van der Waals surface area contributed by atoms with Crippen LogP contribution in [0.3, 0.4) is 0 Å². The van der Waals surface area contributed by atoms with Gasteiger partial charge in [-0.05, 0) is 30.7 Å². The third-order valence-corrected chi connectivity index (χ3v) is 5.69. The smallest absolute Gasteiger partial charge is 0.275 e. The molecule has 31 heavy (non-hydrogen) atoms. The number of carbonyl (C=O) groups is 1. The van der Waals surface area contributed by atoms with Crippen molar-refractivity contribution in [1.29, 1.82) is 0 Å². The Morgan fingerprint density at radius 3 is 2.71 bits per heavy atom. The fourth-order valence-electron chi connectivity index (χ4n) is 4.04. The monoisotopic (exact) mass is 419 g/mol. The number of piperazine rings is 1. The zero-order valence-electron chi connectivity index (χ0n) is 18.0. The number of rotatable bonds is 7. The number of nitrogens with one attached hydrogen (secondary N) is 2. The molecule has 0 saturated carbocycles. The lowest BCUT2D eigenvalue weighted by atomic mass is 10.1. The van der Waals surface area contributed by atoms with Gasteiger partial charge in [-0.25, -0.2) is 4.98 Å². The molecular formula is C24H29N5O2. The van der Waals surface area contributed by atoms with Crippen LogP contribution in [0.5, 0.6) is 5.75 Å². The largest absolute Gasteiger partial charge is 0.497 e. The van der Waals surface area contributed by atoms with Gasteiger partial charge < -0.3 is 24.8 Å². The van der Waals surface area contributed by atoms with Crippen LogP contribution in [0.4, 0.5) is 5.69 Å². The molecule has 162 valence electrons. The summed E-state index contributed by atoms with van der Waals surface area (Å²) in [5.74, 6) is 0.832. The Balaban J connectivity index is 1.45. The number of amides is 1. The average molecular weight is 420 g/mol. The summed E-state index contributed by atoms with van der Waals surface area (Å²) in [5, 5.41) is 6.87. The lowest BCUT2D eigenvalue weighted by Gasteiger charge is -2.36. The Hall–Kier alpha value is -3.32. The van der Waals surface area contributed by atoms with Gasteiger partial charge in [-0.2, -0.15) is 0 Å². The number of hydrogen-bond acceptors (Lipinski definition) is 5. The Morgan fingerprint density at radius 2 is 1.97 bits per heavy atom. The van der Waals surface area contributed by atoms with Crippen LogP contribution in [0.25, 0.3) is 11.3 Å². The third-order valence-electron chi connectivity index (χ3n) is 5.69.